The van der Waals surface area contributed by atoms with Crippen LogP contribution in [-0.2, 0) is 6.54 Å². The summed E-state index contributed by atoms with van der Waals surface area (Å²) in [6.07, 6.45) is 4.34. The Kier molecular flexibility index (Phi) is 5.92. The highest BCUT2D eigenvalue weighted by Crippen LogP contribution is 2.26. The highest BCUT2D eigenvalue weighted by molar-refractivity contribution is 6.33. The fourth-order valence-electron chi connectivity index (χ4n) is 3.76. The second-order valence-electron chi connectivity index (χ2n) is 8.10. The molecule has 1 saturated carbocycles. The van der Waals surface area contributed by atoms with Gasteiger partial charge >= 0.3 is 0 Å². The molecule has 4 rings (SSSR count). The number of rotatable bonds is 6. The lowest BCUT2D eigenvalue weighted by Crippen LogP contribution is -2.43. The first-order valence-electron chi connectivity index (χ1n) is 10.3. The van der Waals surface area contributed by atoms with Crippen molar-refractivity contribution in [1.29, 1.82) is 0 Å². The maximum absolute atomic E-state index is 6.31. The number of hydrogen-bond acceptors (Lipinski definition) is 8. The Morgan fingerprint density at radius 1 is 1.23 bits per heavy atom. The fraction of sp³-hybridized carbons (Fsp3) is 0.500. The van der Waals surface area contributed by atoms with Gasteiger partial charge in [-0.25, -0.2) is 4.68 Å². The normalized spacial score (nSPS) is 19.4. The number of benzene rings is 1. The van der Waals surface area contributed by atoms with Crippen LogP contribution < -0.4 is 22.1 Å². The summed E-state index contributed by atoms with van der Waals surface area (Å²) < 4.78 is 1.80. The molecule has 30 heavy (non-hydrogen) atoms. The van der Waals surface area contributed by atoms with E-state index in [2.05, 4.69) is 20.9 Å². The quantitative estimate of drug-likeness (QED) is 0.438. The number of hydrogen-bond donors (Lipinski definition) is 4. The molecule has 2 heterocycles. The van der Waals surface area contributed by atoms with Crippen molar-refractivity contribution >= 4 is 40.2 Å². The molecule has 1 fully saturated rings. The summed E-state index contributed by atoms with van der Waals surface area (Å²) in [5.74, 6) is 1.15. The van der Waals surface area contributed by atoms with Gasteiger partial charge < -0.3 is 22.1 Å². The molecule has 1 aliphatic carbocycles. The summed E-state index contributed by atoms with van der Waals surface area (Å²) in [5.41, 5.74) is 15.1. The van der Waals surface area contributed by atoms with Gasteiger partial charge in [-0.15, -0.1) is 5.10 Å². The third-order valence-corrected chi connectivity index (χ3v) is 5.81. The van der Waals surface area contributed by atoms with Gasteiger partial charge in [0.25, 0.3) is 0 Å². The number of nitrogens with zero attached hydrogens (tertiary/aromatic N) is 5. The predicted octanol–water partition coefficient (Wildman–Crippen LogP) is 3.33. The van der Waals surface area contributed by atoms with E-state index in [9.17, 15) is 0 Å². The first kappa shape index (κ1) is 20.6. The van der Waals surface area contributed by atoms with E-state index in [0.717, 1.165) is 24.8 Å². The zero-order valence-electron chi connectivity index (χ0n) is 17.3. The van der Waals surface area contributed by atoms with Crippen LogP contribution in [0.2, 0.25) is 5.02 Å². The molecule has 2 atom stereocenters. The zero-order chi connectivity index (χ0) is 21.3. The van der Waals surface area contributed by atoms with Crippen molar-refractivity contribution in [3.05, 3.63) is 28.8 Å². The topological polar surface area (TPSA) is 133 Å². The molecule has 6 N–H and O–H groups in total. The molecule has 0 spiro atoms. The Labute approximate surface area is 180 Å². The largest absolute Gasteiger partial charge is 0.398 e. The van der Waals surface area contributed by atoms with Gasteiger partial charge in [0.05, 0.1) is 16.8 Å². The van der Waals surface area contributed by atoms with E-state index in [1.54, 1.807) is 10.7 Å². The second-order valence-corrected chi connectivity index (χ2v) is 8.51. The Bertz CT molecular complexity index is 1030. The zero-order valence-corrected chi connectivity index (χ0v) is 18.0. The number of halogens is 1. The fourth-order valence-corrected chi connectivity index (χ4v) is 3.88. The van der Waals surface area contributed by atoms with Crippen molar-refractivity contribution in [2.75, 3.05) is 16.4 Å². The Morgan fingerprint density at radius 3 is 2.77 bits per heavy atom. The molecule has 0 saturated heterocycles. The highest BCUT2D eigenvalue weighted by atomic mass is 35.5. The SMILES string of the molecule is CC(C)n1nnc2c(NCc3ccc(Cl)c(N)c3)nc(NC3CCCCC3N)nc21. The Morgan fingerprint density at radius 2 is 2.03 bits per heavy atom. The lowest BCUT2D eigenvalue weighted by atomic mass is 9.91. The third-order valence-electron chi connectivity index (χ3n) is 5.47. The molecule has 0 radical (unpaired) electrons. The number of nitrogen functional groups attached to an aromatic ring is 1. The van der Waals surface area contributed by atoms with E-state index in [-0.39, 0.29) is 18.1 Å². The van der Waals surface area contributed by atoms with Crippen molar-refractivity contribution < 1.29 is 0 Å². The standard InChI is InChI=1S/C20H28ClN9/c1-11(2)30-19-17(28-29-30)18(24-10-12-7-8-13(21)15(23)9-12)26-20(27-19)25-16-6-4-3-5-14(16)22/h7-9,11,14,16H,3-6,10,22-23H2,1-2H3,(H2,24,25,26,27). The van der Waals surface area contributed by atoms with E-state index in [1.165, 1.54) is 6.42 Å². The number of fused-ring (bicyclic) bond motifs is 1. The van der Waals surface area contributed by atoms with Crippen molar-refractivity contribution in [1.82, 2.24) is 25.0 Å². The minimum absolute atomic E-state index is 0.0969. The van der Waals surface area contributed by atoms with Crippen molar-refractivity contribution in [2.45, 2.75) is 64.2 Å². The van der Waals surface area contributed by atoms with E-state index in [1.807, 2.05) is 26.0 Å². The number of aromatic nitrogens is 5. The predicted molar refractivity (Wildman–Crippen MR) is 121 cm³/mol. The molecule has 0 amide bonds. The van der Waals surface area contributed by atoms with Crippen LogP contribution in [0.15, 0.2) is 18.2 Å². The molecule has 1 aromatic carbocycles. The van der Waals surface area contributed by atoms with E-state index < -0.39 is 0 Å². The molecule has 160 valence electrons. The van der Waals surface area contributed by atoms with Crippen LogP contribution in [0.4, 0.5) is 17.5 Å². The van der Waals surface area contributed by atoms with Gasteiger partial charge in [-0.2, -0.15) is 9.97 Å². The van der Waals surface area contributed by atoms with Gasteiger partial charge in [0.1, 0.15) is 0 Å². The maximum Gasteiger partial charge on any atom is 0.227 e. The van der Waals surface area contributed by atoms with Gasteiger partial charge in [0.15, 0.2) is 17.0 Å². The molecule has 0 bridgehead atoms. The minimum atomic E-state index is 0.0969. The first-order valence-corrected chi connectivity index (χ1v) is 10.7. The van der Waals surface area contributed by atoms with Crippen LogP contribution in [0.1, 0.15) is 51.1 Å². The van der Waals surface area contributed by atoms with Crippen molar-refractivity contribution in [3.8, 4) is 0 Å². The lowest BCUT2D eigenvalue weighted by Gasteiger charge is -2.29. The molecule has 2 unspecified atom stereocenters. The Balaban J connectivity index is 1.65. The summed E-state index contributed by atoms with van der Waals surface area (Å²) in [6.45, 7) is 4.61. The minimum Gasteiger partial charge on any atom is -0.398 e. The van der Waals surface area contributed by atoms with Gasteiger partial charge in [0.2, 0.25) is 5.95 Å². The van der Waals surface area contributed by atoms with E-state index in [4.69, 9.17) is 33.0 Å². The summed E-state index contributed by atoms with van der Waals surface area (Å²) in [5, 5.41) is 15.9. The average Bonchev–Trinajstić information content (AvgIpc) is 3.15. The summed E-state index contributed by atoms with van der Waals surface area (Å²) in [7, 11) is 0. The monoisotopic (exact) mass is 429 g/mol. The van der Waals surface area contributed by atoms with Crippen molar-refractivity contribution in [3.63, 3.8) is 0 Å². The lowest BCUT2D eigenvalue weighted by molar-refractivity contribution is 0.402. The van der Waals surface area contributed by atoms with Crippen LogP contribution >= 0.6 is 11.6 Å². The number of anilines is 3. The summed E-state index contributed by atoms with van der Waals surface area (Å²) >= 11 is 6.03. The number of nitrogens with one attached hydrogen (secondary N) is 2. The second kappa shape index (κ2) is 8.61. The maximum atomic E-state index is 6.31. The Hall–Kier alpha value is -2.65. The average molecular weight is 430 g/mol. The van der Waals surface area contributed by atoms with Crippen molar-refractivity contribution in [2.24, 2.45) is 5.73 Å². The molecule has 2 aromatic heterocycles. The van der Waals surface area contributed by atoms with Gasteiger partial charge in [-0.3, -0.25) is 0 Å². The van der Waals surface area contributed by atoms with Crippen LogP contribution in [0.25, 0.3) is 11.2 Å². The highest BCUT2D eigenvalue weighted by Gasteiger charge is 2.24. The summed E-state index contributed by atoms with van der Waals surface area (Å²) in [4.78, 5) is 9.40. The van der Waals surface area contributed by atoms with Crippen LogP contribution in [0.3, 0.4) is 0 Å². The van der Waals surface area contributed by atoms with Crippen LogP contribution in [0.5, 0.6) is 0 Å². The summed E-state index contributed by atoms with van der Waals surface area (Å²) in [6, 6.07) is 5.94. The van der Waals surface area contributed by atoms with Crippen LogP contribution in [-0.4, -0.2) is 37.0 Å². The molecule has 3 aromatic rings. The molecule has 9 nitrogen and oxygen atoms in total. The molecule has 1 aliphatic rings. The molecular weight excluding hydrogens is 402 g/mol. The molecule has 0 aliphatic heterocycles. The van der Waals surface area contributed by atoms with E-state index in [0.29, 0.717) is 40.2 Å². The first-order chi connectivity index (χ1) is 14.4. The van der Waals surface area contributed by atoms with Crippen LogP contribution in [0, 0.1) is 0 Å². The van der Waals surface area contributed by atoms with Gasteiger partial charge in [-0.05, 0) is 44.4 Å². The number of nitrogens with two attached hydrogens (primary N) is 2. The third kappa shape index (κ3) is 4.27. The van der Waals surface area contributed by atoms with E-state index >= 15 is 0 Å². The molecular formula is C20H28ClN9. The molecule has 10 heteroatoms. The smallest absolute Gasteiger partial charge is 0.227 e. The van der Waals surface area contributed by atoms with Gasteiger partial charge in [-0.1, -0.05) is 35.7 Å². The van der Waals surface area contributed by atoms with Gasteiger partial charge in [0, 0.05) is 18.6 Å².